The zero-order valence-corrected chi connectivity index (χ0v) is 9.27. The largest absolute Gasteiger partial charge is 0.481 e. The molecule has 0 saturated carbocycles. The second-order valence-corrected chi connectivity index (χ2v) is 3.33. The number of carbonyl (C=O) groups excluding carboxylic acids is 1. The molecular weight excluding hydrogens is 198 g/mol. The Labute approximate surface area is 89.7 Å². The lowest BCUT2D eigenvalue weighted by Gasteiger charge is -2.29. The van der Waals surface area contributed by atoms with Crippen molar-refractivity contribution in [2.45, 2.75) is 39.2 Å². The molecule has 2 N–H and O–H groups in total. The van der Waals surface area contributed by atoms with Gasteiger partial charge in [-0.2, -0.15) is 0 Å². The first-order valence-electron chi connectivity index (χ1n) is 5.18. The topological polar surface area (TPSA) is 77.8 Å². The van der Waals surface area contributed by atoms with Gasteiger partial charge >= 0.3 is 5.97 Å². The van der Waals surface area contributed by atoms with Crippen LogP contribution >= 0.6 is 0 Å². The van der Waals surface area contributed by atoms with Crippen molar-refractivity contribution < 1.29 is 19.8 Å². The van der Waals surface area contributed by atoms with E-state index in [0.29, 0.717) is 12.8 Å². The highest BCUT2D eigenvalue weighted by Gasteiger charge is 2.20. The van der Waals surface area contributed by atoms with E-state index >= 15 is 0 Å². The van der Waals surface area contributed by atoms with E-state index in [0.717, 1.165) is 0 Å². The summed E-state index contributed by atoms with van der Waals surface area (Å²) >= 11 is 0. The van der Waals surface area contributed by atoms with Crippen molar-refractivity contribution in [1.82, 2.24) is 4.90 Å². The smallest absolute Gasteiger partial charge is 0.305 e. The zero-order chi connectivity index (χ0) is 11.8. The molecule has 0 bridgehead atoms. The van der Waals surface area contributed by atoms with Gasteiger partial charge in [-0.05, 0) is 6.42 Å². The number of amides is 1. The van der Waals surface area contributed by atoms with Crippen LogP contribution in [0.4, 0.5) is 0 Å². The van der Waals surface area contributed by atoms with E-state index in [4.69, 9.17) is 10.2 Å². The minimum atomic E-state index is -0.934. The molecule has 0 rings (SSSR count). The number of aliphatic carboxylic acids is 1. The Balaban J connectivity index is 4.41. The molecule has 15 heavy (non-hydrogen) atoms. The second kappa shape index (κ2) is 7.23. The van der Waals surface area contributed by atoms with Crippen LogP contribution in [0.5, 0.6) is 0 Å². The molecule has 0 spiro atoms. The summed E-state index contributed by atoms with van der Waals surface area (Å²) in [4.78, 5) is 23.4. The summed E-state index contributed by atoms with van der Waals surface area (Å²) in [7, 11) is 0. The number of hydrogen-bond acceptors (Lipinski definition) is 3. The Morgan fingerprint density at radius 1 is 1.33 bits per heavy atom. The maximum Gasteiger partial charge on any atom is 0.305 e. The van der Waals surface area contributed by atoms with Crippen LogP contribution in [0, 0.1) is 0 Å². The monoisotopic (exact) mass is 217 g/mol. The Kier molecular flexibility index (Phi) is 6.70. The van der Waals surface area contributed by atoms with Crippen LogP contribution < -0.4 is 0 Å². The third kappa shape index (κ3) is 4.78. The van der Waals surface area contributed by atoms with Gasteiger partial charge in [0, 0.05) is 13.0 Å². The fourth-order valence-electron chi connectivity index (χ4n) is 1.38. The first-order valence-corrected chi connectivity index (χ1v) is 5.18. The summed E-state index contributed by atoms with van der Waals surface area (Å²) in [5.74, 6) is -1.05. The fraction of sp³-hybridized carbons (Fsp3) is 0.800. The Hall–Kier alpha value is -1.10. The molecule has 0 aromatic rings. The SMILES string of the molecule is CCC(=O)N(CCC(=O)O)C(CC)CO. The lowest BCUT2D eigenvalue weighted by atomic mass is 10.1. The number of carboxylic acid groups (broad SMARTS) is 1. The highest BCUT2D eigenvalue weighted by molar-refractivity contribution is 5.77. The molecule has 88 valence electrons. The van der Waals surface area contributed by atoms with Crippen LogP contribution in [0.1, 0.15) is 33.1 Å². The molecule has 0 heterocycles. The molecule has 0 aliphatic rings. The van der Waals surface area contributed by atoms with Gasteiger partial charge < -0.3 is 15.1 Å². The fourth-order valence-corrected chi connectivity index (χ4v) is 1.38. The van der Waals surface area contributed by atoms with Crippen molar-refractivity contribution in [2.75, 3.05) is 13.2 Å². The van der Waals surface area contributed by atoms with E-state index in [1.165, 1.54) is 4.90 Å². The van der Waals surface area contributed by atoms with E-state index in [2.05, 4.69) is 0 Å². The summed E-state index contributed by atoms with van der Waals surface area (Å²) in [6.07, 6.45) is 0.875. The zero-order valence-electron chi connectivity index (χ0n) is 9.27. The van der Waals surface area contributed by atoms with E-state index in [9.17, 15) is 9.59 Å². The standard InChI is InChI=1S/C10H19NO4/c1-3-8(7-12)11(9(13)4-2)6-5-10(14)15/h8,12H,3-7H2,1-2H3,(H,14,15). The third-order valence-electron chi connectivity index (χ3n) is 2.31. The Morgan fingerprint density at radius 2 is 1.93 bits per heavy atom. The van der Waals surface area contributed by atoms with E-state index in [1.54, 1.807) is 6.92 Å². The summed E-state index contributed by atoms with van der Waals surface area (Å²) in [5.41, 5.74) is 0. The van der Waals surface area contributed by atoms with Crippen LogP contribution in [-0.2, 0) is 9.59 Å². The molecule has 5 heteroatoms. The Bertz CT molecular complexity index is 213. The molecule has 1 atom stereocenters. The normalized spacial score (nSPS) is 12.2. The predicted octanol–water partition coefficient (Wildman–Crippen LogP) is 0.471. The number of hydrogen-bond donors (Lipinski definition) is 2. The first kappa shape index (κ1) is 13.9. The summed E-state index contributed by atoms with van der Waals surface area (Å²) in [6, 6.07) is -0.267. The van der Waals surface area contributed by atoms with Crippen LogP contribution in [0.2, 0.25) is 0 Å². The van der Waals surface area contributed by atoms with Crippen molar-refractivity contribution in [2.24, 2.45) is 0 Å². The lowest BCUT2D eigenvalue weighted by Crippen LogP contribution is -2.43. The van der Waals surface area contributed by atoms with Gasteiger partial charge in [-0.3, -0.25) is 9.59 Å². The van der Waals surface area contributed by atoms with Gasteiger partial charge in [0.25, 0.3) is 0 Å². The van der Waals surface area contributed by atoms with Gasteiger partial charge in [-0.25, -0.2) is 0 Å². The number of nitrogens with zero attached hydrogens (tertiary/aromatic N) is 1. The number of aliphatic hydroxyl groups excluding tert-OH is 1. The summed E-state index contributed by atoms with van der Waals surface area (Å²) in [6.45, 7) is 3.63. The molecule has 0 aliphatic heterocycles. The van der Waals surface area contributed by atoms with E-state index in [-0.39, 0.29) is 31.5 Å². The third-order valence-corrected chi connectivity index (χ3v) is 2.31. The number of aliphatic hydroxyl groups is 1. The minimum absolute atomic E-state index is 0.0811. The number of carboxylic acids is 1. The van der Waals surface area contributed by atoms with Crippen molar-refractivity contribution in [1.29, 1.82) is 0 Å². The molecule has 5 nitrogen and oxygen atoms in total. The molecule has 1 amide bonds. The lowest BCUT2D eigenvalue weighted by molar-refractivity contribution is -0.139. The highest BCUT2D eigenvalue weighted by atomic mass is 16.4. The first-order chi connectivity index (χ1) is 7.06. The van der Waals surface area contributed by atoms with Gasteiger partial charge in [-0.1, -0.05) is 13.8 Å². The van der Waals surface area contributed by atoms with Gasteiger partial charge in [0.15, 0.2) is 0 Å². The molecule has 0 aromatic carbocycles. The van der Waals surface area contributed by atoms with Crippen molar-refractivity contribution in [3.63, 3.8) is 0 Å². The molecule has 1 unspecified atom stereocenters. The molecule has 0 saturated heterocycles. The number of rotatable bonds is 7. The quantitative estimate of drug-likeness (QED) is 0.650. The van der Waals surface area contributed by atoms with Gasteiger partial charge in [-0.15, -0.1) is 0 Å². The molecule has 0 aliphatic carbocycles. The van der Waals surface area contributed by atoms with Gasteiger partial charge in [0.05, 0.1) is 19.1 Å². The van der Waals surface area contributed by atoms with E-state index in [1.807, 2.05) is 6.92 Å². The van der Waals surface area contributed by atoms with Crippen LogP contribution in [-0.4, -0.2) is 46.2 Å². The summed E-state index contributed by atoms with van der Waals surface area (Å²) < 4.78 is 0. The molecule has 0 radical (unpaired) electrons. The average Bonchev–Trinajstić information content (AvgIpc) is 2.22. The van der Waals surface area contributed by atoms with Crippen molar-refractivity contribution in [3.8, 4) is 0 Å². The number of carbonyl (C=O) groups is 2. The molecule has 0 fully saturated rings. The molecular formula is C10H19NO4. The predicted molar refractivity (Wildman–Crippen MR) is 55.4 cm³/mol. The maximum atomic E-state index is 11.5. The molecule has 0 aromatic heterocycles. The minimum Gasteiger partial charge on any atom is -0.481 e. The van der Waals surface area contributed by atoms with Crippen molar-refractivity contribution >= 4 is 11.9 Å². The van der Waals surface area contributed by atoms with Crippen molar-refractivity contribution in [3.05, 3.63) is 0 Å². The second-order valence-electron chi connectivity index (χ2n) is 3.33. The van der Waals surface area contributed by atoms with Crippen LogP contribution in [0.3, 0.4) is 0 Å². The summed E-state index contributed by atoms with van der Waals surface area (Å²) in [5, 5.41) is 17.6. The van der Waals surface area contributed by atoms with Crippen LogP contribution in [0.15, 0.2) is 0 Å². The average molecular weight is 217 g/mol. The highest BCUT2D eigenvalue weighted by Crippen LogP contribution is 2.07. The maximum absolute atomic E-state index is 11.5. The van der Waals surface area contributed by atoms with E-state index < -0.39 is 5.97 Å². The van der Waals surface area contributed by atoms with Gasteiger partial charge in [0.2, 0.25) is 5.91 Å². The van der Waals surface area contributed by atoms with Crippen LogP contribution in [0.25, 0.3) is 0 Å². The van der Waals surface area contributed by atoms with Gasteiger partial charge in [0.1, 0.15) is 0 Å². The Morgan fingerprint density at radius 3 is 2.27 bits per heavy atom.